The van der Waals surface area contributed by atoms with Gasteiger partial charge in [-0.2, -0.15) is 0 Å². The first-order valence-corrected chi connectivity index (χ1v) is 10.6. The Hall–Kier alpha value is -2.64. The van der Waals surface area contributed by atoms with Crippen LogP contribution in [0.15, 0.2) is 54.9 Å². The molecule has 0 amide bonds. The van der Waals surface area contributed by atoms with Crippen LogP contribution in [0.4, 0.5) is 0 Å². The Labute approximate surface area is 171 Å². The van der Waals surface area contributed by atoms with E-state index in [1.54, 1.807) is 0 Å². The molecule has 2 atom stereocenters. The third-order valence-corrected chi connectivity index (χ3v) is 6.24. The average molecular weight is 390 g/mol. The SMILES string of the molecule is c1ccc(CCn2nnnc2[C@H](c2cccnc2)N2CCN3CCC[C@H]3C2)cc1. The highest BCUT2D eigenvalue weighted by molar-refractivity contribution is 5.22. The van der Waals surface area contributed by atoms with E-state index in [-0.39, 0.29) is 6.04 Å². The van der Waals surface area contributed by atoms with Gasteiger partial charge in [-0.1, -0.05) is 36.4 Å². The molecule has 2 fully saturated rings. The molecule has 2 aliphatic rings. The van der Waals surface area contributed by atoms with Crippen molar-refractivity contribution in [1.82, 2.24) is 35.0 Å². The fourth-order valence-electron chi connectivity index (χ4n) is 4.76. The van der Waals surface area contributed by atoms with Crippen molar-refractivity contribution in [3.05, 3.63) is 71.8 Å². The zero-order chi connectivity index (χ0) is 19.5. The maximum absolute atomic E-state index is 4.48. The highest BCUT2D eigenvalue weighted by Crippen LogP contribution is 2.31. The number of piperazine rings is 1. The average Bonchev–Trinajstić information content (AvgIpc) is 3.43. The van der Waals surface area contributed by atoms with Gasteiger partial charge in [0, 0.05) is 44.6 Å². The minimum atomic E-state index is 0.0391. The molecule has 3 aromatic rings. The number of aromatic nitrogens is 5. The summed E-state index contributed by atoms with van der Waals surface area (Å²) in [6, 6.07) is 15.4. The number of tetrazole rings is 1. The highest BCUT2D eigenvalue weighted by Gasteiger charge is 2.36. The summed E-state index contributed by atoms with van der Waals surface area (Å²) >= 11 is 0. The lowest BCUT2D eigenvalue weighted by Gasteiger charge is -2.41. The summed E-state index contributed by atoms with van der Waals surface area (Å²) in [6.07, 6.45) is 7.30. The number of benzene rings is 1. The zero-order valence-corrected chi connectivity index (χ0v) is 16.6. The molecule has 0 spiro atoms. The quantitative estimate of drug-likeness (QED) is 0.644. The molecule has 0 saturated carbocycles. The summed E-state index contributed by atoms with van der Waals surface area (Å²) in [5.41, 5.74) is 2.46. The van der Waals surface area contributed by atoms with Gasteiger partial charge in [-0.25, -0.2) is 4.68 Å². The van der Waals surface area contributed by atoms with Crippen LogP contribution >= 0.6 is 0 Å². The van der Waals surface area contributed by atoms with Gasteiger partial charge in [-0.15, -0.1) is 5.10 Å². The van der Waals surface area contributed by atoms with Crippen molar-refractivity contribution in [2.24, 2.45) is 0 Å². The van der Waals surface area contributed by atoms with Gasteiger partial charge in [0.1, 0.15) is 0 Å². The van der Waals surface area contributed by atoms with Crippen LogP contribution in [0.1, 0.15) is 35.8 Å². The summed E-state index contributed by atoms with van der Waals surface area (Å²) in [7, 11) is 0. The maximum Gasteiger partial charge on any atom is 0.173 e. The first-order chi connectivity index (χ1) is 14.4. The van der Waals surface area contributed by atoms with Gasteiger partial charge in [0.15, 0.2) is 5.82 Å². The van der Waals surface area contributed by atoms with E-state index in [4.69, 9.17) is 0 Å². The van der Waals surface area contributed by atoms with E-state index in [0.717, 1.165) is 44.0 Å². The van der Waals surface area contributed by atoms with Gasteiger partial charge in [0.2, 0.25) is 0 Å². The molecule has 2 aromatic heterocycles. The summed E-state index contributed by atoms with van der Waals surface area (Å²) in [4.78, 5) is 9.57. The number of aryl methyl sites for hydroxylation is 2. The summed E-state index contributed by atoms with van der Waals surface area (Å²) in [5.74, 6) is 0.917. The minimum Gasteiger partial charge on any atom is -0.298 e. The fourth-order valence-corrected chi connectivity index (χ4v) is 4.76. The number of hydrogen-bond acceptors (Lipinski definition) is 6. The predicted molar refractivity (Wildman–Crippen MR) is 110 cm³/mol. The number of pyridine rings is 1. The molecule has 0 radical (unpaired) electrons. The van der Waals surface area contributed by atoms with Crippen molar-refractivity contribution in [3.8, 4) is 0 Å². The lowest BCUT2D eigenvalue weighted by atomic mass is 10.0. The van der Waals surface area contributed by atoms with Crippen molar-refractivity contribution in [2.75, 3.05) is 26.2 Å². The molecule has 7 nitrogen and oxygen atoms in total. The molecular formula is C22H27N7. The smallest absolute Gasteiger partial charge is 0.173 e. The predicted octanol–water partition coefficient (Wildman–Crippen LogP) is 2.18. The molecule has 4 heterocycles. The Kier molecular flexibility index (Phi) is 5.32. The molecule has 7 heteroatoms. The molecule has 0 aliphatic carbocycles. The first kappa shape index (κ1) is 18.4. The van der Waals surface area contributed by atoms with Crippen molar-refractivity contribution >= 4 is 0 Å². The molecule has 5 rings (SSSR count). The molecule has 0 unspecified atom stereocenters. The molecule has 0 N–H and O–H groups in total. The molecule has 29 heavy (non-hydrogen) atoms. The largest absolute Gasteiger partial charge is 0.298 e. The summed E-state index contributed by atoms with van der Waals surface area (Å²) < 4.78 is 1.98. The van der Waals surface area contributed by atoms with E-state index in [0.29, 0.717) is 6.04 Å². The van der Waals surface area contributed by atoms with Gasteiger partial charge < -0.3 is 0 Å². The van der Waals surface area contributed by atoms with Crippen LogP contribution in [0.2, 0.25) is 0 Å². The van der Waals surface area contributed by atoms with Crippen LogP contribution in [-0.4, -0.2) is 67.2 Å². The molecule has 1 aromatic carbocycles. The Morgan fingerprint density at radius 1 is 1.03 bits per heavy atom. The van der Waals surface area contributed by atoms with Crippen molar-refractivity contribution in [1.29, 1.82) is 0 Å². The van der Waals surface area contributed by atoms with E-state index in [9.17, 15) is 0 Å². The van der Waals surface area contributed by atoms with Crippen molar-refractivity contribution < 1.29 is 0 Å². The van der Waals surface area contributed by atoms with E-state index in [1.165, 1.54) is 24.9 Å². The summed E-state index contributed by atoms with van der Waals surface area (Å²) in [6.45, 7) is 5.22. The molecule has 2 aliphatic heterocycles. The summed E-state index contributed by atoms with van der Waals surface area (Å²) in [5, 5.41) is 12.9. The van der Waals surface area contributed by atoms with Crippen LogP contribution in [0.25, 0.3) is 0 Å². The van der Waals surface area contributed by atoms with Gasteiger partial charge in [0.05, 0.1) is 6.04 Å². The Morgan fingerprint density at radius 2 is 1.97 bits per heavy atom. The molecular weight excluding hydrogens is 362 g/mol. The van der Waals surface area contributed by atoms with Crippen LogP contribution in [0, 0.1) is 0 Å². The Morgan fingerprint density at radius 3 is 2.83 bits per heavy atom. The number of rotatable bonds is 6. The van der Waals surface area contributed by atoms with Crippen molar-refractivity contribution in [3.63, 3.8) is 0 Å². The van der Waals surface area contributed by atoms with Gasteiger partial charge in [-0.05, 0) is 53.4 Å². The molecule has 0 bridgehead atoms. The van der Waals surface area contributed by atoms with Gasteiger partial charge in [-0.3, -0.25) is 14.8 Å². The van der Waals surface area contributed by atoms with Crippen LogP contribution in [0.3, 0.4) is 0 Å². The topological polar surface area (TPSA) is 63.0 Å². The van der Waals surface area contributed by atoms with Crippen molar-refractivity contribution in [2.45, 2.75) is 37.9 Å². The van der Waals surface area contributed by atoms with E-state index < -0.39 is 0 Å². The highest BCUT2D eigenvalue weighted by atomic mass is 15.6. The second kappa shape index (κ2) is 8.39. The van der Waals surface area contributed by atoms with Gasteiger partial charge >= 0.3 is 0 Å². The maximum atomic E-state index is 4.48. The lowest BCUT2D eigenvalue weighted by Crippen LogP contribution is -2.51. The fraction of sp³-hybridized carbons (Fsp3) is 0.455. The standard InChI is InChI=1S/C22H27N7/c1-2-6-18(7-3-1)10-13-29-22(24-25-26-29)21(19-8-4-11-23-16-19)28-15-14-27-12-5-9-20(27)17-28/h1-4,6-8,11,16,20-21H,5,9-10,12-15,17H2/t20-,21-/m0/s1. The Bertz CT molecular complexity index is 911. The zero-order valence-electron chi connectivity index (χ0n) is 16.6. The first-order valence-electron chi connectivity index (χ1n) is 10.6. The second-order valence-electron chi connectivity index (χ2n) is 8.01. The monoisotopic (exact) mass is 389 g/mol. The Balaban J connectivity index is 1.42. The molecule has 150 valence electrons. The number of fused-ring (bicyclic) bond motifs is 1. The van der Waals surface area contributed by atoms with E-state index in [2.05, 4.69) is 60.6 Å². The number of hydrogen-bond donors (Lipinski definition) is 0. The normalized spacial score (nSPS) is 21.2. The lowest BCUT2D eigenvalue weighted by molar-refractivity contribution is 0.0791. The van der Waals surface area contributed by atoms with Gasteiger partial charge in [0.25, 0.3) is 0 Å². The van der Waals surface area contributed by atoms with Crippen LogP contribution in [0.5, 0.6) is 0 Å². The minimum absolute atomic E-state index is 0.0391. The van der Waals surface area contributed by atoms with Crippen LogP contribution < -0.4 is 0 Å². The number of nitrogens with zero attached hydrogens (tertiary/aromatic N) is 7. The third kappa shape index (κ3) is 3.93. The third-order valence-electron chi connectivity index (χ3n) is 6.24. The second-order valence-corrected chi connectivity index (χ2v) is 8.01. The molecule has 2 saturated heterocycles. The van der Waals surface area contributed by atoms with Crippen LogP contribution in [-0.2, 0) is 13.0 Å². The van der Waals surface area contributed by atoms with E-state index >= 15 is 0 Å². The van der Waals surface area contributed by atoms with E-state index in [1.807, 2.05) is 29.2 Å².